The van der Waals surface area contributed by atoms with Crippen LogP contribution >= 0.6 is 0 Å². The Morgan fingerprint density at radius 2 is 1.76 bits per heavy atom. The lowest BCUT2D eigenvalue weighted by molar-refractivity contribution is 0.0696. The number of aromatic hydroxyl groups is 1. The average Bonchev–Trinajstić information content (AvgIpc) is 3.02. The molecule has 0 amide bonds. The van der Waals surface area contributed by atoms with Crippen molar-refractivity contribution in [3.63, 3.8) is 0 Å². The van der Waals surface area contributed by atoms with E-state index in [1.807, 2.05) is 26.0 Å². The molecule has 7 heteroatoms. The molecule has 0 saturated heterocycles. The number of aliphatic imine (C=N–C) groups is 1. The van der Waals surface area contributed by atoms with E-state index in [0.717, 1.165) is 17.5 Å². The Balaban J connectivity index is 1.87. The summed E-state index contributed by atoms with van der Waals surface area (Å²) in [4.78, 5) is 28.2. The predicted molar refractivity (Wildman–Crippen MR) is 107 cm³/mol. The predicted octanol–water partition coefficient (Wildman–Crippen LogP) is 3.94. The van der Waals surface area contributed by atoms with Gasteiger partial charge < -0.3 is 14.8 Å². The topological polar surface area (TPSA) is 91.9 Å². The largest absolute Gasteiger partial charge is 0.505 e. The molecule has 0 radical (unpaired) electrons. The van der Waals surface area contributed by atoms with Crippen LogP contribution in [-0.4, -0.2) is 39.3 Å². The van der Waals surface area contributed by atoms with Gasteiger partial charge >= 0.3 is 5.97 Å². The molecule has 3 rings (SSSR count). The van der Waals surface area contributed by atoms with Crippen molar-refractivity contribution in [2.24, 2.45) is 4.99 Å². The summed E-state index contributed by atoms with van der Waals surface area (Å²) in [5, 5.41) is 18.7. The second-order valence-electron chi connectivity index (χ2n) is 6.59. The van der Waals surface area contributed by atoms with Crippen LogP contribution in [0.1, 0.15) is 37.7 Å². The van der Waals surface area contributed by atoms with E-state index >= 15 is 0 Å². The van der Waals surface area contributed by atoms with E-state index in [4.69, 9.17) is 0 Å². The van der Waals surface area contributed by atoms with Crippen LogP contribution in [0.5, 0.6) is 5.75 Å². The number of phenolic OH excluding ortho intramolecular Hbond substituents is 1. The molecule has 0 saturated carbocycles. The quantitative estimate of drug-likeness (QED) is 0.489. The number of hydrogen-bond acceptors (Lipinski definition) is 4. The fraction of sp³-hybridized carbons (Fsp3) is 0.136. The maximum absolute atomic E-state index is 13.3. The van der Waals surface area contributed by atoms with Crippen LogP contribution in [0.4, 0.5) is 4.39 Å². The average molecular weight is 394 g/mol. The van der Waals surface area contributed by atoms with Crippen LogP contribution < -0.4 is 0 Å². The lowest BCUT2D eigenvalue weighted by Gasteiger charge is -2.14. The van der Waals surface area contributed by atoms with Crippen molar-refractivity contribution in [1.82, 2.24) is 4.57 Å². The Labute approximate surface area is 166 Å². The van der Waals surface area contributed by atoms with Gasteiger partial charge in [0.2, 0.25) is 0 Å². The number of halogens is 1. The molecule has 1 aromatic heterocycles. The lowest BCUT2D eigenvalue weighted by atomic mass is 10.0. The van der Waals surface area contributed by atoms with Crippen molar-refractivity contribution in [3.05, 3.63) is 82.4 Å². The van der Waals surface area contributed by atoms with E-state index in [2.05, 4.69) is 4.99 Å². The number of nitrogens with zero attached hydrogens (tertiary/aromatic N) is 2. The standard InChI is InChI=1S/C22H19FN2O4/c1-13-3-4-14(2)25(13)19-10-16(6-7-17(19)22(28)29)21(27)12-24-11-15-5-8-20(26)18(23)9-15/h3-11,26H,12H2,1-2H3,(H,28,29). The van der Waals surface area contributed by atoms with E-state index in [1.165, 1.54) is 30.5 Å². The number of aromatic carboxylic acids is 1. The van der Waals surface area contributed by atoms with Gasteiger partial charge in [-0.05, 0) is 61.9 Å². The van der Waals surface area contributed by atoms with E-state index in [-0.39, 0.29) is 17.9 Å². The number of carboxylic acids is 1. The van der Waals surface area contributed by atoms with Crippen LogP contribution in [0.25, 0.3) is 5.69 Å². The molecule has 148 valence electrons. The van der Waals surface area contributed by atoms with Gasteiger partial charge in [0, 0.05) is 23.2 Å². The molecular formula is C22H19FN2O4. The highest BCUT2D eigenvalue weighted by Crippen LogP contribution is 2.22. The fourth-order valence-corrected chi connectivity index (χ4v) is 3.05. The third-order valence-electron chi connectivity index (χ3n) is 4.51. The molecule has 0 bridgehead atoms. The monoisotopic (exact) mass is 394 g/mol. The van der Waals surface area contributed by atoms with Crippen molar-refractivity contribution in [1.29, 1.82) is 0 Å². The van der Waals surface area contributed by atoms with Gasteiger partial charge in [-0.2, -0.15) is 0 Å². The third-order valence-corrected chi connectivity index (χ3v) is 4.51. The van der Waals surface area contributed by atoms with Crippen molar-refractivity contribution in [2.45, 2.75) is 13.8 Å². The molecule has 0 fully saturated rings. The Bertz CT molecular complexity index is 1110. The first-order valence-corrected chi connectivity index (χ1v) is 8.82. The fourth-order valence-electron chi connectivity index (χ4n) is 3.05. The van der Waals surface area contributed by atoms with E-state index in [0.29, 0.717) is 16.8 Å². The number of Topliss-reactive ketones (excluding diaryl/α,β-unsaturated/α-hetero) is 1. The smallest absolute Gasteiger partial charge is 0.337 e. The minimum atomic E-state index is -1.08. The Morgan fingerprint density at radius 1 is 1.07 bits per heavy atom. The summed E-state index contributed by atoms with van der Waals surface area (Å²) in [6.07, 6.45) is 1.34. The summed E-state index contributed by atoms with van der Waals surface area (Å²) in [6.45, 7) is 3.53. The van der Waals surface area contributed by atoms with Gasteiger partial charge in [0.25, 0.3) is 0 Å². The highest BCUT2D eigenvalue weighted by atomic mass is 19.1. The van der Waals surface area contributed by atoms with Crippen molar-refractivity contribution >= 4 is 18.0 Å². The number of ketones is 1. The molecule has 3 aromatic rings. The van der Waals surface area contributed by atoms with E-state index in [1.54, 1.807) is 10.6 Å². The number of hydrogen-bond donors (Lipinski definition) is 2. The number of aromatic nitrogens is 1. The van der Waals surface area contributed by atoms with Crippen LogP contribution in [0, 0.1) is 19.7 Å². The first kappa shape index (κ1) is 20.0. The summed E-state index contributed by atoms with van der Waals surface area (Å²) in [5.41, 5.74) is 2.93. The van der Waals surface area contributed by atoms with Crippen molar-refractivity contribution < 1.29 is 24.2 Å². The number of rotatable bonds is 6. The minimum Gasteiger partial charge on any atom is -0.505 e. The molecule has 0 aliphatic rings. The maximum atomic E-state index is 13.3. The summed E-state index contributed by atoms with van der Waals surface area (Å²) < 4.78 is 15.1. The number of aryl methyl sites for hydroxylation is 2. The number of carboxylic acid groups (broad SMARTS) is 1. The normalized spacial score (nSPS) is 11.1. The van der Waals surface area contributed by atoms with Crippen LogP contribution in [-0.2, 0) is 0 Å². The highest BCUT2D eigenvalue weighted by molar-refractivity contribution is 6.01. The first-order chi connectivity index (χ1) is 13.8. The molecule has 0 spiro atoms. The zero-order chi connectivity index (χ0) is 21.1. The number of carbonyl (C=O) groups excluding carboxylic acids is 1. The van der Waals surface area contributed by atoms with E-state index in [9.17, 15) is 24.2 Å². The molecule has 29 heavy (non-hydrogen) atoms. The van der Waals surface area contributed by atoms with Crippen LogP contribution in [0.15, 0.2) is 53.5 Å². The van der Waals surface area contributed by atoms with Gasteiger partial charge in [-0.3, -0.25) is 9.79 Å². The molecule has 6 nitrogen and oxygen atoms in total. The van der Waals surface area contributed by atoms with Gasteiger partial charge in [0.05, 0.1) is 11.3 Å². The van der Waals surface area contributed by atoms with Crippen LogP contribution in [0.3, 0.4) is 0 Å². The van der Waals surface area contributed by atoms with Crippen molar-refractivity contribution in [2.75, 3.05) is 6.54 Å². The molecule has 2 N–H and O–H groups in total. The molecule has 0 aliphatic heterocycles. The second kappa shape index (κ2) is 8.10. The zero-order valence-corrected chi connectivity index (χ0v) is 15.9. The Hall–Kier alpha value is -3.74. The minimum absolute atomic E-state index is 0.0898. The van der Waals surface area contributed by atoms with E-state index < -0.39 is 17.5 Å². The molecule has 0 aliphatic carbocycles. The number of phenols is 1. The van der Waals surface area contributed by atoms with Gasteiger partial charge in [-0.15, -0.1) is 0 Å². The van der Waals surface area contributed by atoms with Gasteiger partial charge in [-0.1, -0.05) is 6.07 Å². The lowest BCUT2D eigenvalue weighted by Crippen LogP contribution is -2.11. The van der Waals surface area contributed by atoms with Crippen molar-refractivity contribution in [3.8, 4) is 11.4 Å². The van der Waals surface area contributed by atoms with Crippen LogP contribution in [0.2, 0.25) is 0 Å². The Kier molecular flexibility index (Phi) is 5.59. The summed E-state index contributed by atoms with van der Waals surface area (Å²) in [6, 6.07) is 11.9. The van der Waals surface area contributed by atoms with Gasteiger partial charge in [-0.25, -0.2) is 9.18 Å². The zero-order valence-electron chi connectivity index (χ0n) is 15.9. The SMILES string of the molecule is Cc1ccc(C)n1-c1cc(C(=O)CN=Cc2ccc(O)c(F)c2)ccc1C(=O)O. The van der Waals surface area contributed by atoms with Gasteiger partial charge in [0.15, 0.2) is 17.3 Å². The molecular weight excluding hydrogens is 375 g/mol. The number of carbonyl (C=O) groups is 2. The molecule has 1 heterocycles. The first-order valence-electron chi connectivity index (χ1n) is 8.82. The third kappa shape index (κ3) is 4.24. The Morgan fingerprint density at radius 3 is 2.38 bits per heavy atom. The summed E-state index contributed by atoms with van der Waals surface area (Å²) in [7, 11) is 0. The summed E-state index contributed by atoms with van der Waals surface area (Å²) in [5.74, 6) is -2.62. The molecule has 0 unspecified atom stereocenters. The van der Waals surface area contributed by atoms with Gasteiger partial charge in [0.1, 0.15) is 6.54 Å². The molecule has 0 atom stereocenters. The molecule has 2 aromatic carbocycles. The number of benzene rings is 2. The maximum Gasteiger partial charge on any atom is 0.337 e. The summed E-state index contributed by atoms with van der Waals surface area (Å²) >= 11 is 0. The highest BCUT2D eigenvalue weighted by Gasteiger charge is 2.17. The second-order valence-corrected chi connectivity index (χ2v) is 6.59.